The molecule has 1 amide bonds. The Balaban J connectivity index is 1.42. The van der Waals surface area contributed by atoms with Crippen molar-refractivity contribution in [2.75, 3.05) is 25.1 Å². The van der Waals surface area contributed by atoms with Gasteiger partial charge in [-0.2, -0.15) is 0 Å². The number of rotatable bonds is 6. The summed E-state index contributed by atoms with van der Waals surface area (Å²) in [7, 11) is 0. The third-order valence-corrected chi connectivity index (χ3v) is 5.67. The van der Waals surface area contributed by atoms with E-state index in [0.29, 0.717) is 24.7 Å². The molecule has 4 rings (SSSR count). The first-order valence-corrected chi connectivity index (χ1v) is 10.6. The van der Waals surface area contributed by atoms with Crippen LogP contribution in [0.4, 0.5) is 5.69 Å². The molecule has 2 N–H and O–H groups in total. The quantitative estimate of drug-likeness (QED) is 0.629. The maximum Gasteiger partial charge on any atom is 0.238 e. The summed E-state index contributed by atoms with van der Waals surface area (Å²) in [6.45, 7) is 3.53. The average molecular weight is 409 g/mol. The first-order chi connectivity index (χ1) is 14.2. The Labute approximate surface area is 174 Å². The summed E-state index contributed by atoms with van der Waals surface area (Å²) in [4.78, 5) is 13.7. The zero-order chi connectivity index (χ0) is 20.1. The van der Waals surface area contributed by atoms with Crippen molar-refractivity contribution in [3.05, 3.63) is 76.0 Å². The fraction of sp³-hybridized carbons (Fsp3) is 0.261. The third-order valence-electron chi connectivity index (χ3n) is 4.74. The van der Waals surface area contributed by atoms with E-state index >= 15 is 0 Å². The van der Waals surface area contributed by atoms with Crippen molar-refractivity contribution in [1.29, 1.82) is 0 Å². The topological polar surface area (TPSA) is 59.6 Å². The lowest BCUT2D eigenvalue weighted by Crippen LogP contribution is -2.31. The first kappa shape index (κ1) is 19.5. The van der Waals surface area contributed by atoms with Gasteiger partial charge < -0.3 is 14.8 Å². The summed E-state index contributed by atoms with van der Waals surface area (Å²) in [6, 6.07) is 18.0. The van der Waals surface area contributed by atoms with Gasteiger partial charge in [0.1, 0.15) is 0 Å². The summed E-state index contributed by atoms with van der Waals surface area (Å²) in [5.41, 5.74) is 3.05. The average Bonchev–Trinajstić information content (AvgIpc) is 3.15. The van der Waals surface area contributed by atoms with Crippen LogP contribution in [-0.2, 0) is 4.79 Å². The van der Waals surface area contributed by atoms with E-state index in [2.05, 4.69) is 53.3 Å². The first-order valence-electron chi connectivity index (χ1n) is 9.72. The van der Waals surface area contributed by atoms with Gasteiger partial charge in [-0.3, -0.25) is 10.1 Å². The molecule has 2 aromatic carbocycles. The number of aryl methyl sites for hydroxylation is 1. The van der Waals surface area contributed by atoms with E-state index in [9.17, 15) is 4.79 Å². The monoisotopic (exact) mass is 408 g/mol. The normalized spacial score (nSPS) is 14.1. The highest BCUT2D eigenvalue weighted by Gasteiger charge is 2.17. The summed E-state index contributed by atoms with van der Waals surface area (Å²) < 4.78 is 11.3. The maximum absolute atomic E-state index is 12.6. The van der Waals surface area contributed by atoms with Crippen molar-refractivity contribution in [2.24, 2.45) is 0 Å². The molecule has 3 aromatic rings. The van der Waals surface area contributed by atoms with Crippen LogP contribution >= 0.6 is 11.3 Å². The van der Waals surface area contributed by atoms with Gasteiger partial charge in [-0.25, -0.2) is 0 Å². The number of hydrogen-bond donors (Lipinski definition) is 2. The van der Waals surface area contributed by atoms with Crippen LogP contribution in [-0.4, -0.2) is 25.7 Å². The molecule has 1 aliphatic heterocycles. The van der Waals surface area contributed by atoms with Crippen molar-refractivity contribution in [1.82, 2.24) is 5.32 Å². The lowest BCUT2D eigenvalue weighted by molar-refractivity contribution is -0.115. The van der Waals surface area contributed by atoms with Gasteiger partial charge in [0, 0.05) is 23.1 Å². The number of fused-ring (bicyclic) bond motifs is 1. The molecule has 0 fully saturated rings. The molecule has 0 spiro atoms. The lowest BCUT2D eigenvalue weighted by atomic mass is 10.0. The molecule has 1 atom stereocenters. The Bertz CT molecular complexity index is 955. The van der Waals surface area contributed by atoms with Crippen LogP contribution in [0, 0.1) is 6.92 Å². The van der Waals surface area contributed by atoms with Gasteiger partial charge in [0.25, 0.3) is 0 Å². The van der Waals surface area contributed by atoms with E-state index in [-0.39, 0.29) is 18.5 Å². The van der Waals surface area contributed by atoms with Crippen molar-refractivity contribution in [3.8, 4) is 11.5 Å². The second-order valence-electron chi connectivity index (χ2n) is 7.00. The predicted octanol–water partition coefficient (Wildman–Crippen LogP) is 4.54. The standard InChI is InChI=1S/C23H24N2O3S/c1-16-5-7-17(8-6-16)23(21-4-2-13-29-21)24-15-22(26)25-18-9-10-19-20(14-18)28-12-3-11-27-19/h2,4-10,13-14,23-24H,3,11-12,15H2,1H3,(H,25,26)/t23-/m0/s1. The highest BCUT2D eigenvalue weighted by atomic mass is 32.1. The highest BCUT2D eigenvalue weighted by molar-refractivity contribution is 7.10. The van der Waals surface area contributed by atoms with Crippen LogP contribution in [0.1, 0.15) is 28.5 Å². The Hall–Kier alpha value is -2.83. The van der Waals surface area contributed by atoms with Crippen LogP contribution < -0.4 is 20.1 Å². The Morgan fingerprint density at radius 2 is 1.86 bits per heavy atom. The van der Waals surface area contributed by atoms with Crippen LogP contribution in [0.15, 0.2) is 60.0 Å². The number of benzene rings is 2. The molecule has 150 valence electrons. The molecule has 0 unspecified atom stereocenters. The number of amides is 1. The zero-order valence-corrected chi connectivity index (χ0v) is 17.1. The molecule has 0 saturated carbocycles. The molecule has 29 heavy (non-hydrogen) atoms. The highest BCUT2D eigenvalue weighted by Crippen LogP contribution is 2.32. The number of carbonyl (C=O) groups excluding carboxylic acids is 1. The zero-order valence-electron chi connectivity index (χ0n) is 16.3. The number of ether oxygens (including phenoxy) is 2. The SMILES string of the molecule is Cc1ccc([C@H](NCC(=O)Nc2ccc3c(c2)OCCCO3)c2cccs2)cc1. The predicted molar refractivity (Wildman–Crippen MR) is 116 cm³/mol. The summed E-state index contributed by atoms with van der Waals surface area (Å²) in [6.07, 6.45) is 0.851. The lowest BCUT2D eigenvalue weighted by Gasteiger charge is -2.18. The van der Waals surface area contributed by atoms with Gasteiger partial charge in [-0.1, -0.05) is 35.9 Å². The summed E-state index contributed by atoms with van der Waals surface area (Å²) >= 11 is 1.68. The van der Waals surface area contributed by atoms with Gasteiger partial charge in [0.2, 0.25) is 5.91 Å². The molecule has 2 heterocycles. The fourth-order valence-corrected chi connectivity index (χ4v) is 4.07. The van der Waals surface area contributed by atoms with Crippen LogP contribution in [0.2, 0.25) is 0 Å². The Morgan fingerprint density at radius 1 is 1.07 bits per heavy atom. The van der Waals surface area contributed by atoms with Crippen molar-refractivity contribution in [2.45, 2.75) is 19.4 Å². The molecule has 0 saturated heterocycles. The molecular weight excluding hydrogens is 384 g/mol. The molecule has 5 nitrogen and oxygen atoms in total. The fourth-order valence-electron chi connectivity index (χ4n) is 3.24. The van der Waals surface area contributed by atoms with E-state index in [1.165, 1.54) is 10.4 Å². The van der Waals surface area contributed by atoms with Crippen molar-refractivity contribution >= 4 is 22.9 Å². The molecule has 1 aliphatic rings. The second kappa shape index (κ2) is 9.11. The number of thiophene rings is 1. The van der Waals surface area contributed by atoms with Gasteiger partial charge in [0.05, 0.1) is 25.8 Å². The minimum absolute atomic E-state index is 0.0230. The molecule has 0 bridgehead atoms. The number of anilines is 1. The van der Waals surface area contributed by atoms with Crippen LogP contribution in [0.3, 0.4) is 0 Å². The van der Waals surface area contributed by atoms with Gasteiger partial charge in [0.15, 0.2) is 11.5 Å². The number of carbonyl (C=O) groups is 1. The van der Waals surface area contributed by atoms with Crippen LogP contribution in [0.25, 0.3) is 0 Å². The van der Waals surface area contributed by atoms with Gasteiger partial charge in [-0.05, 0) is 36.1 Å². The molecule has 0 radical (unpaired) electrons. The molecular formula is C23H24N2O3S. The second-order valence-corrected chi connectivity index (χ2v) is 7.98. The molecule has 0 aliphatic carbocycles. The Morgan fingerprint density at radius 3 is 2.62 bits per heavy atom. The van der Waals surface area contributed by atoms with Gasteiger partial charge in [-0.15, -0.1) is 11.3 Å². The van der Waals surface area contributed by atoms with Gasteiger partial charge >= 0.3 is 0 Å². The minimum Gasteiger partial charge on any atom is -0.490 e. The summed E-state index contributed by atoms with van der Waals surface area (Å²) in [5.74, 6) is 1.29. The number of nitrogens with one attached hydrogen (secondary N) is 2. The maximum atomic E-state index is 12.6. The number of hydrogen-bond acceptors (Lipinski definition) is 5. The van der Waals surface area contributed by atoms with Crippen molar-refractivity contribution in [3.63, 3.8) is 0 Å². The van der Waals surface area contributed by atoms with E-state index < -0.39 is 0 Å². The van der Waals surface area contributed by atoms with Crippen LogP contribution in [0.5, 0.6) is 11.5 Å². The Kier molecular flexibility index (Phi) is 6.12. The summed E-state index contributed by atoms with van der Waals surface area (Å²) in [5, 5.41) is 8.38. The third kappa shape index (κ3) is 4.96. The van der Waals surface area contributed by atoms with E-state index in [4.69, 9.17) is 9.47 Å². The van der Waals surface area contributed by atoms with E-state index in [1.54, 1.807) is 11.3 Å². The minimum atomic E-state index is -0.104. The molecule has 6 heteroatoms. The van der Waals surface area contributed by atoms with E-state index in [1.807, 2.05) is 24.3 Å². The smallest absolute Gasteiger partial charge is 0.238 e. The largest absolute Gasteiger partial charge is 0.490 e. The molecule has 1 aromatic heterocycles. The van der Waals surface area contributed by atoms with Crippen molar-refractivity contribution < 1.29 is 14.3 Å². The van der Waals surface area contributed by atoms with E-state index in [0.717, 1.165) is 17.7 Å².